The van der Waals surface area contributed by atoms with Crippen molar-refractivity contribution in [2.75, 3.05) is 11.9 Å². The van der Waals surface area contributed by atoms with E-state index in [-0.39, 0.29) is 11.4 Å². The minimum absolute atomic E-state index is 0.0812. The zero-order valence-corrected chi connectivity index (χ0v) is 16.4. The van der Waals surface area contributed by atoms with E-state index < -0.39 is 17.6 Å². The van der Waals surface area contributed by atoms with Crippen LogP contribution in [0.1, 0.15) is 27.9 Å². The van der Waals surface area contributed by atoms with Gasteiger partial charge in [0.15, 0.2) is 5.75 Å². The van der Waals surface area contributed by atoms with Crippen LogP contribution < -0.4 is 14.8 Å². The van der Waals surface area contributed by atoms with Crippen LogP contribution in [-0.4, -0.2) is 17.5 Å². The predicted octanol–water partition coefficient (Wildman–Crippen LogP) is 5.91. The number of carbonyl (C=O) groups excluding carboxylic acids is 1. The minimum atomic E-state index is -4.56. The van der Waals surface area contributed by atoms with Crippen LogP contribution in [0.25, 0.3) is 0 Å². The van der Waals surface area contributed by atoms with E-state index >= 15 is 0 Å². The SMILES string of the molecule is CCOc1ccc(Oc2ccc(C(F)(F)F)cc2NC(=O)c2scnc2C)cc1. The summed E-state index contributed by atoms with van der Waals surface area (Å²) < 4.78 is 50.5. The highest BCUT2D eigenvalue weighted by atomic mass is 32.1. The Morgan fingerprint density at radius 3 is 2.41 bits per heavy atom. The highest BCUT2D eigenvalue weighted by Gasteiger charge is 2.31. The van der Waals surface area contributed by atoms with Crippen molar-refractivity contribution in [2.24, 2.45) is 0 Å². The van der Waals surface area contributed by atoms with Crippen LogP contribution in [0.5, 0.6) is 17.2 Å². The molecule has 0 atom stereocenters. The summed E-state index contributed by atoms with van der Waals surface area (Å²) >= 11 is 1.10. The number of ether oxygens (including phenoxy) is 2. The van der Waals surface area contributed by atoms with Crippen LogP contribution in [0, 0.1) is 6.92 Å². The number of nitrogens with zero attached hydrogens (tertiary/aromatic N) is 1. The van der Waals surface area contributed by atoms with Crippen LogP contribution >= 0.6 is 11.3 Å². The molecule has 1 heterocycles. The molecule has 2 aromatic carbocycles. The molecule has 0 bridgehead atoms. The first kappa shape index (κ1) is 20.7. The number of thiazole rings is 1. The van der Waals surface area contributed by atoms with Crippen molar-refractivity contribution in [1.29, 1.82) is 0 Å². The summed E-state index contributed by atoms with van der Waals surface area (Å²) in [6.07, 6.45) is -4.56. The maximum Gasteiger partial charge on any atom is 0.416 e. The van der Waals surface area contributed by atoms with Crippen molar-refractivity contribution in [2.45, 2.75) is 20.0 Å². The highest BCUT2D eigenvalue weighted by Crippen LogP contribution is 2.37. The normalized spacial score (nSPS) is 11.2. The van der Waals surface area contributed by atoms with Crippen molar-refractivity contribution >= 4 is 22.9 Å². The van der Waals surface area contributed by atoms with Crippen molar-refractivity contribution in [1.82, 2.24) is 4.98 Å². The van der Waals surface area contributed by atoms with Gasteiger partial charge in [-0.1, -0.05) is 0 Å². The number of nitrogens with one attached hydrogen (secondary N) is 1. The van der Waals surface area contributed by atoms with Crippen LogP contribution in [0.15, 0.2) is 48.0 Å². The number of hydrogen-bond donors (Lipinski definition) is 1. The summed E-state index contributed by atoms with van der Waals surface area (Å²) in [7, 11) is 0. The van der Waals surface area contributed by atoms with Gasteiger partial charge in [-0.3, -0.25) is 4.79 Å². The first-order chi connectivity index (χ1) is 13.8. The molecule has 0 spiro atoms. The fourth-order valence-corrected chi connectivity index (χ4v) is 3.19. The third-order valence-corrected chi connectivity index (χ3v) is 4.80. The Morgan fingerprint density at radius 2 is 1.83 bits per heavy atom. The predicted molar refractivity (Wildman–Crippen MR) is 104 cm³/mol. The Kier molecular flexibility index (Phi) is 6.07. The summed E-state index contributed by atoms with van der Waals surface area (Å²) in [5.74, 6) is 0.553. The standard InChI is InChI=1S/C20H17F3N2O3S/c1-3-27-14-5-7-15(8-6-14)28-17-9-4-13(20(21,22)23)10-16(17)25-19(26)18-12(2)24-11-29-18/h4-11H,3H2,1-2H3,(H,25,26). The molecule has 1 aromatic heterocycles. The molecule has 0 fully saturated rings. The quantitative estimate of drug-likeness (QED) is 0.536. The second-order valence-electron chi connectivity index (χ2n) is 5.94. The lowest BCUT2D eigenvalue weighted by molar-refractivity contribution is -0.137. The van der Waals surface area contributed by atoms with Gasteiger partial charge in [-0.25, -0.2) is 4.98 Å². The summed E-state index contributed by atoms with van der Waals surface area (Å²) in [5.41, 5.74) is 1.00. The van der Waals surface area contributed by atoms with Crippen LogP contribution in [0.3, 0.4) is 0 Å². The third-order valence-electron chi connectivity index (χ3n) is 3.87. The van der Waals surface area contributed by atoms with Gasteiger partial charge >= 0.3 is 6.18 Å². The van der Waals surface area contributed by atoms with E-state index in [0.29, 0.717) is 28.7 Å². The molecule has 3 rings (SSSR count). The van der Waals surface area contributed by atoms with Gasteiger partial charge in [0.25, 0.3) is 5.91 Å². The van der Waals surface area contributed by atoms with Gasteiger partial charge in [-0.15, -0.1) is 11.3 Å². The molecule has 0 aliphatic rings. The van der Waals surface area contributed by atoms with E-state index in [4.69, 9.17) is 9.47 Å². The number of halogens is 3. The maximum atomic E-state index is 13.1. The maximum absolute atomic E-state index is 13.1. The van der Waals surface area contributed by atoms with Crippen molar-refractivity contribution in [3.8, 4) is 17.2 Å². The first-order valence-corrected chi connectivity index (χ1v) is 9.49. The van der Waals surface area contributed by atoms with Gasteiger partial charge < -0.3 is 14.8 Å². The number of benzene rings is 2. The van der Waals surface area contributed by atoms with Gasteiger partial charge in [0.05, 0.1) is 29.1 Å². The fraction of sp³-hybridized carbons (Fsp3) is 0.200. The molecule has 1 amide bonds. The van der Waals surface area contributed by atoms with Gasteiger partial charge in [-0.05, 0) is 56.3 Å². The Labute approximate surface area is 169 Å². The number of anilines is 1. The Bertz CT molecular complexity index is 1000. The van der Waals surface area contributed by atoms with Gasteiger partial charge in [-0.2, -0.15) is 13.2 Å². The number of carbonyl (C=O) groups is 1. The molecule has 3 aromatic rings. The second-order valence-corrected chi connectivity index (χ2v) is 6.79. The summed E-state index contributed by atoms with van der Waals surface area (Å²) in [5, 5.41) is 2.50. The molecule has 5 nitrogen and oxygen atoms in total. The van der Waals surface area contributed by atoms with E-state index in [9.17, 15) is 18.0 Å². The summed E-state index contributed by atoms with van der Waals surface area (Å²) in [6.45, 7) is 4.01. The van der Waals surface area contributed by atoms with Crippen molar-refractivity contribution in [3.63, 3.8) is 0 Å². The molecular weight excluding hydrogens is 405 g/mol. The molecule has 0 saturated carbocycles. The van der Waals surface area contributed by atoms with E-state index in [1.807, 2.05) is 6.92 Å². The van der Waals surface area contributed by atoms with Crippen LogP contribution in [-0.2, 0) is 6.18 Å². The Hall–Kier alpha value is -3.07. The lowest BCUT2D eigenvalue weighted by Gasteiger charge is -2.15. The second kappa shape index (κ2) is 8.52. The molecule has 0 aliphatic heterocycles. The van der Waals surface area contributed by atoms with E-state index in [0.717, 1.165) is 23.5 Å². The summed E-state index contributed by atoms with van der Waals surface area (Å²) in [6, 6.07) is 9.54. The largest absolute Gasteiger partial charge is 0.494 e. The molecule has 0 unspecified atom stereocenters. The van der Waals surface area contributed by atoms with Gasteiger partial charge in [0, 0.05) is 0 Å². The molecule has 1 N–H and O–H groups in total. The summed E-state index contributed by atoms with van der Waals surface area (Å²) in [4.78, 5) is 16.8. The fourth-order valence-electron chi connectivity index (χ4n) is 2.49. The minimum Gasteiger partial charge on any atom is -0.494 e. The first-order valence-electron chi connectivity index (χ1n) is 8.61. The highest BCUT2D eigenvalue weighted by molar-refractivity contribution is 7.12. The number of amides is 1. The van der Waals surface area contributed by atoms with E-state index in [1.165, 1.54) is 11.6 Å². The topological polar surface area (TPSA) is 60.5 Å². The van der Waals surface area contributed by atoms with Crippen LogP contribution in [0.4, 0.5) is 18.9 Å². The average molecular weight is 422 g/mol. The third kappa shape index (κ3) is 5.05. The van der Waals surface area contributed by atoms with Crippen molar-refractivity contribution < 1.29 is 27.4 Å². The van der Waals surface area contributed by atoms with Crippen molar-refractivity contribution in [3.05, 3.63) is 64.1 Å². The molecule has 0 aliphatic carbocycles. The zero-order chi connectivity index (χ0) is 21.0. The number of alkyl halides is 3. The van der Waals surface area contributed by atoms with Gasteiger partial charge in [0.2, 0.25) is 0 Å². The average Bonchev–Trinajstić information content (AvgIpc) is 3.10. The smallest absolute Gasteiger partial charge is 0.416 e. The van der Waals surface area contributed by atoms with E-state index in [2.05, 4.69) is 10.3 Å². The number of aryl methyl sites for hydroxylation is 1. The lowest BCUT2D eigenvalue weighted by Crippen LogP contribution is -2.14. The molecule has 29 heavy (non-hydrogen) atoms. The van der Waals surface area contributed by atoms with Crippen LogP contribution in [0.2, 0.25) is 0 Å². The Balaban J connectivity index is 1.91. The molecular formula is C20H17F3N2O3S. The zero-order valence-electron chi connectivity index (χ0n) is 15.5. The molecule has 0 radical (unpaired) electrons. The Morgan fingerprint density at radius 1 is 1.14 bits per heavy atom. The van der Waals surface area contributed by atoms with Gasteiger partial charge in [0.1, 0.15) is 16.4 Å². The number of aromatic nitrogens is 1. The monoisotopic (exact) mass is 422 g/mol. The number of hydrogen-bond acceptors (Lipinski definition) is 5. The molecule has 152 valence electrons. The van der Waals surface area contributed by atoms with E-state index in [1.54, 1.807) is 31.2 Å². The lowest BCUT2D eigenvalue weighted by atomic mass is 10.1. The molecule has 9 heteroatoms. The number of rotatable bonds is 6. The molecule has 0 saturated heterocycles.